The molecule has 6 nitrogen and oxygen atoms in total. The van der Waals surface area contributed by atoms with E-state index in [1.54, 1.807) is 37.3 Å². The Bertz CT molecular complexity index is 946. The summed E-state index contributed by atoms with van der Waals surface area (Å²) < 4.78 is 53.5. The molecule has 28 heavy (non-hydrogen) atoms. The quantitative estimate of drug-likeness (QED) is 0.769. The summed E-state index contributed by atoms with van der Waals surface area (Å²) >= 11 is 0. The van der Waals surface area contributed by atoms with E-state index >= 15 is 0 Å². The lowest BCUT2D eigenvalue weighted by molar-refractivity contribution is -0.917. The minimum Gasteiger partial charge on any atom is -0.323 e. The first-order valence-electron chi connectivity index (χ1n) is 8.95. The van der Waals surface area contributed by atoms with E-state index in [0.717, 1.165) is 11.0 Å². The highest BCUT2D eigenvalue weighted by Gasteiger charge is 2.34. The number of sulfonamides is 1. The Morgan fingerprint density at radius 2 is 1.75 bits per heavy atom. The van der Waals surface area contributed by atoms with Crippen molar-refractivity contribution in [1.82, 2.24) is 4.31 Å². The predicted octanol–water partition coefficient (Wildman–Crippen LogP) is 0.881. The lowest BCUT2D eigenvalue weighted by atomic mass is 10.2. The van der Waals surface area contributed by atoms with Gasteiger partial charge in [-0.05, 0) is 31.2 Å². The summed E-state index contributed by atoms with van der Waals surface area (Å²) in [5.74, 6) is -1.96. The maximum atomic E-state index is 13.7. The number of nitrogens with zero attached hydrogens (tertiary/aromatic N) is 1. The van der Waals surface area contributed by atoms with Crippen LogP contribution in [0.15, 0.2) is 53.4 Å². The molecule has 1 amide bonds. The number of hydrogen-bond donors (Lipinski definition) is 2. The van der Waals surface area contributed by atoms with E-state index in [4.69, 9.17) is 0 Å². The van der Waals surface area contributed by atoms with Gasteiger partial charge in [-0.3, -0.25) is 4.79 Å². The average molecular weight is 410 g/mol. The Hall–Kier alpha value is -2.36. The molecule has 0 spiro atoms. The Balaban J connectivity index is 1.60. The standard InChI is InChI=1S/C19H21F2N3O3S/c1-14(19(25)22-18-8-7-15(20)13-17(18)21)23-9-11-24(12-10-23)28(26,27)16-5-3-2-4-6-16/h2-8,13-14H,9-12H2,1H3,(H,22,25)/p+1/t14-/m1/s1. The molecule has 0 saturated carbocycles. The zero-order valence-corrected chi connectivity index (χ0v) is 16.2. The number of anilines is 1. The van der Waals surface area contributed by atoms with E-state index < -0.39 is 33.6 Å². The van der Waals surface area contributed by atoms with Crippen molar-refractivity contribution in [3.05, 3.63) is 60.2 Å². The first-order valence-corrected chi connectivity index (χ1v) is 10.4. The van der Waals surface area contributed by atoms with Crippen LogP contribution in [-0.4, -0.2) is 50.9 Å². The van der Waals surface area contributed by atoms with Crippen molar-refractivity contribution in [2.75, 3.05) is 31.5 Å². The number of carbonyl (C=O) groups is 1. The largest absolute Gasteiger partial charge is 0.323 e. The Labute approximate surface area is 162 Å². The molecule has 2 N–H and O–H groups in total. The fraction of sp³-hybridized carbons (Fsp3) is 0.316. The number of nitrogens with one attached hydrogen (secondary N) is 2. The van der Waals surface area contributed by atoms with Gasteiger partial charge in [0.1, 0.15) is 11.6 Å². The van der Waals surface area contributed by atoms with Gasteiger partial charge >= 0.3 is 0 Å². The van der Waals surface area contributed by atoms with Crippen molar-refractivity contribution in [2.24, 2.45) is 0 Å². The molecule has 2 aromatic carbocycles. The third-order valence-electron chi connectivity index (χ3n) is 4.94. The highest BCUT2D eigenvalue weighted by atomic mass is 32.2. The number of carbonyl (C=O) groups excluding carboxylic acids is 1. The topological polar surface area (TPSA) is 70.9 Å². The highest BCUT2D eigenvalue weighted by Crippen LogP contribution is 2.16. The van der Waals surface area contributed by atoms with Crippen molar-refractivity contribution in [1.29, 1.82) is 0 Å². The molecule has 0 aromatic heterocycles. The van der Waals surface area contributed by atoms with Gasteiger partial charge in [0.2, 0.25) is 10.0 Å². The van der Waals surface area contributed by atoms with Gasteiger partial charge in [0.15, 0.2) is 6.04 Å². The molecule has 0 unspecified atom stereocenters. The Morgan fingerprint density at radius 1 is 1.11 bits per heavy atom. The van der Waals surface area contributed by atoms with Gasteiger partial charge < -0.3 is 10.2 Å². The van der Waals surface area contributed by atoms with Crippen molar-refractivity contribution >= 4 is 21.6 Å². The van der Waals surface area contributed by atoms with Crippen LogP contribution in [0.5, 0.6) is 0 Å². The fourth-order valence-corrected chi connectivity index (χ4v) is 4.67. The SMILES string of the molecule is C[C@H](C(=O)Nc1ccc(F)cc1F)[NH+]1CCN(S(=O)(=O)c2ccccc2)CC1. The minimum atomic E-state index is -3.56. The maximum absolute atomic E-state index is 13.7. The van der Waals surface area contributed by atoms with Crippen LogP contribution in [0.25, 0.3) is 0 Å². The normalized spacial score (nSPS) is 17.2. The van der Waals surface area contributed by atoms with Crippen LogP contribution in [-0.2, 0) is 14.8 Å². The summed E-state index contributed by atoms with van der Waals surface area (Å²) in [6.45, 7) is 3.18. The predicted molar refractivity (Wildman–Crippen MR) is 100 cm³/mol. The fourth-order valence-electron chi connectivity index (χ4n) is 3.21. The van der Waals surface area contributed by atoms with E-state index in [2.05, 4.69) is 5.32 Å². The first kappa shape index (κ1) is 20.4. The number of amides is 1. The van der Waals surface area contributed by atoms with Crippen LogP contribution in [0, 0.1) is 11.6 Å². The number of benzene rings is 2. The molecular weight excluding hydrogens is 388 g/mol. The molecule has 1 heterocycles. The Morgan fingerprint density at radius 3 is 2.36 bits per heavy atom. The van der Waals surface area contributed by atoms with Crippen LogP contribution in [0.2, 0.25) is 0 Å². The molecule has 1 atom stereocenters. The maximum Gasteiger partial charge on any atom is 0.282 e. The molecular formula is C19H22F2N3O3S+. The third kappa shape index (κ3) is 4.37. The van der Waals surface area contributed by atoms with Gasteiger partial charge in [-0.25, -0.2) is 17.2 Å². The molecule has 0 aliphatic carbocycles. The summed E-state index contributed by atoms with van der Waals surface area (Å²) in [4.78, 5) is 13.6. The molecule has 1 saturated heterocycles. The summed E-state index contributed by atoms with van der Waals surface area (Å²) in [6, 6.07) is 10.7. The van der Waals surface area contributed by atoms with Gasteiger partial charge in [-0.15, -0.1) is 0 Å². The molecule has 0 bridgehead atoms. The van der Waals surface area contributed by atoms with Crippen molar-refractivity contribution in [3.63, 3.8) is 0 Å². The van der Waals surface area contributed by atoms with Crippen molar-refractivity contribution in [2.45, 2.75) is 17.9 Å². The molecule has 3 rings (SSSR count). The second-order valence-corrected chi connectivity index (χ2v) is 8.65. The zero-order valence-electron chi connectivity index (χ0n) is 15.4. The van der Waals surface area contributed by atoms with Gasteiger partial charge in [0.25, 0.3) is 5.91 Å². The van der Waals surface area contributed by atoms with Crippen molar-refractivity contribution in [3.8, 4) is 0 Å². The number of piperazine rings is 1. The summed E-state index contributed by atoms with van der Waals surface area (Å²) in [6.07, 6.45) is 0. The van der Waals surface area contributed by atoms with Crippen LogP contribution in [0.3, 0.4) is 0 Å². The monoisotopic (exact) mass is 410 g/mol. The number of hydrogen-bond acceptors (Lipinski definition) is 3. The van der Waals surface area contributed by atoms with Gasteiger partial charge in [-0.2, -0.15) is 4.31 Å². The third-order valence-corrected chi connectivity index (χ3v) is 6.85. The zero-order chi connectivity index (χ0) is 20.3. The van der Waals surface area contributed by atoms with Crippen molar-refractivity contribution < 1.29 is 26.9 Å². The summed E-state index contributed by atoms with van der Waals surface area (Å²) in [5.41, 5.74) is -0.0806. The van der Waals surface area contributed by atoms with Gasteiger partial charge in [0.05, 0.1) is 36.8 Å². The Kier molecular flexibility index (Phi) is 6.07. The first-order chi connectivity index (χ1) is 13.3. The van der Waals surface area contributed by atoms with E-state index in [1.165, 1.54) is 10.4 Å². The van der Waals surface area contributed by atoms with E-state index in [1.807, 2.05) is 0 Å². The van der Waals surface area contributed by atoms with E-state index in [9.17, 15) is 22.0 Å². The lowest BCUT2D eigenvalue weighted by Crippen LogP contribution is -3.19. The lowest BCUT2D eigenvalue weighted by Gasteiger charge is -2.34. The molecule has 150 valence electrons. The smallest absolute Gasteiger partial charge is 0.282 e. The van der Waals surface area contributed by atoms with Gasteiger partial charge in [0, 0.05) is 6.07 Å². The van der Waals surface area contributed by atoms with Gasteiger partial charge in [-0.1, -0.05) is 18.2 Å². The minimum absolute atomic E-state index is 0.0806. The molecule has 1 fully saturated rings. The highest BCUT2D eigenvalue weighted by molar-refractivity contribution is 7.89. The summed E-state index contributed by atoms with van der Waals surface area (Å²) in [5, 5.41) is 2.47. The summed E-state index contributed by atoms with van der Waals surface area (Å²) in [7, 11) is -3.56. The molecule has 0 radical (unpaired) electrons. The molecule has 1 aliphatic rings. The molecule has 9 heteroatoms. The van der Waals surface area contributed by atoms with E-state index in [-0.39, 0.29) is 23.7 Å². The second kappa shape index (κ2) is 8.34. The average Bonchev–Trinajstić information content (AvgIpc) is 2.70. The van der Waals surface area contributed by atoms with Crippen LogP contribution in [0.4, 0.5) is 14.5 Å². The molecule has 2 aromatic rings. The number of rotatable bonds is 5. The van der Waals surface area contributed by atoms with Crippen LogP contribution >= 0.6 is 0 Å². The number of quaternary nitrogens is 1. The van der Waals surface area contributed by atoms with Crippen LogP contribution in [0.1, 0.15) is 6.92 Å². The second-order valence-electron chi connectivity index (χ2n) is 6.71. The van der Waals surface area contributed by atoms with Crippen LogP contribution < -0.4 is 10.2 Å². The number of halogens is 2. The van der Waals surface area contributed by atoms with E-state index in [0.29, 0.717) is 19.2 Å². The molecule has 1 aliphatic heterocycles.